The van der Waals surface area contributed by atoms with Crippen LogP contribution < -0.4 is 15.8 Å². The average molecular weight is 299 g/mol. The topological polar surface area (TPSA) is 84.2 Å². The zero-order chi connectivity index (χ0) is 15.4. The van der Waals surface area contributed by atoms with E-state index in [0.29, 0.717) is 18.8 Å². The molecular formula is C14H25N3O2S. The summed E-state index contributed by atoms with van der Waals surface area (Å²) in [5.41, 5.74) is 6.06. The Balaban J connectivity index is 3.21. The van der Waals surface area contributed by atoms with Gasteiger partial charge in [-0.05, 0) is 25.0 Å². The number of hydrogen-bond acceptors (Lipinski definition) is 4. The summed E-state index contributed by atoms with van der Waals surface area (Å²) < 4.78 is 26.9. The van der Waals surface area contributed by atoms with E-state index in [1.165, 1.54) is 0 Å². The van der Waals surface area contributed by atoms with Crippen LogP contribution >= 0.6 is 0 Å². The Morgan fingerprint density at radius 3 is 2.40 bits per heavy atom. The highest BCUT2D eigenvalue weighted by atomic mass is 32.2. The van der Waals surface area contributed by atoms with Crippen LogP contribution in [0.2, 0.25) is 0 Å². The second-order valence-electron chi connectivity index (χ2n) is 5.40. The first-order chi connectivity index (χ1) is 9.27. The molecule has 0 spiro atoms. The fourth-order valence-electron chi connectivity index (χ4n) is 1.81. The molecule has 114 valence electrons. The number of para-hydroxylation sites is 1. The summed E-state index contributed by atoms with van der Waals surface area (Å²) in [6, 6.07) is 6.88. The van der Waals surface area contributed by atoms with Crippen molar-refractivity contribution in [3.05, 3.63) is 24.3 Å². The maximum Gasteiger partial charge on any atom is 0.242 e. The molecule has 1 aromatic rings. The third-order valence-corrected chi connectivity index (χ3v) is 5.23. The van der Waals surface area contributed by atoms with Gasteiger partial charge in [0, 0.05) is 18.6 Å². The Morgan fingerprint density at radius 2 is 1.90 bits per heavy atom. The van der Waals surface area contributed by atoms with Crippen molar-refractivity contribution >= 4 is 15.7 Å². The van der Waals surface area contributed by atoms with Crippen molar-refractivity contribution in [2.45, 2.75) is 38.1 Å². The highest BCUT2D eigenvalue weighted by Crippen LogP contribution is 2.27. The molecule has 0 aromatic heterocycles. The molecule has 1 atom stereocenters. The largest absolute Gasteiger partial charge is 0.377 e. The van der Waals surface area contributed by atoms with Crippen molar-refractivity contribution < 1.29 is 8.42 Å². The first kappa shape index (κ1) is 16.9. The molecule has 6 heteroatoms. The second-order valence-corrected chi connectivity index (χ2v) is 7.13. The van der Waals surface area contributed by atoms with Gasteiger partial charge in [-0.2, -0.15) is 0 Å². The molecule has 1 rings (SSSR count). The first-order valence-electron chi connectivity index (χ1n) is 6.83. The van der Waals surface area contributed by atoms with Crippen LogP contribution in [0.5, 0.6) is 0 Å². The Bertz CT molecular complexity index is 543. The van der Waals surface area contributed by atoms with E-state index in [1.54, 1.807) is 25.1 Å². The lowest BCUT2D eigenvalue weighted by molar-refractivity contribution is 0.382. The highest BCUT2D eigenvalue weighted by Gasteiger charge is 2.28. The minimum absolute atomic E-state index is 0.252. The van der Waals surface area contributed by atoms with Gasteiger partial charge in [0.05, 0.1) is 5.69 Å². The van der Waals surface area contributed by atoms with Gasteiger partial charge in [-0.15, -0.1) is 0 Å². The van der Waals surface area contributed by atoms with E-state index < -0.39 is 10.0 Å². The monoisotopic (exact) mass is 299 g/mol. The van der Waals surface area contributed by atoms with Crippen LogP contribution in [0, 0.1) is 5.92 Å². The molecule has 0 amide bonds. The third-order valence-electron chi connectivity index (χ3n) is 3.63. The van der Waals surface area contributed by atoms with Crippen LogP contribution in [0.3, 0.4) is 0 Å². The van der Waals surface area contributed by atoms with Gasteiger partial charge in [0.25, 0.3) is 0 Å². The Morgan fingerprint density at radius 1 is 1.30 bits per heavy atom. The van der Waals surface area contributed by atoms with Crippen molar-refractivity contribution in [2.75, 3.05) is 18.4 Å². The van der Waals surface area contributed by atoms with Gasteiger partial charge in [0.15, 0.2) is 0 Å². The minimum Gasteiger partial charge on any atom is -0.377 e. The summed E-state index contributed by atoms with van der Waals surface area (Å²) in [4.78, 5) is 0.252. The quantitative estimate of drug-likeness (QED) is 0.716. The summed E-state index contributed by atoms with van der Waals surface area (Å²) >= 11 is 0. The Hall–Kier alpha value is -1.11. The van der Waals surface area contributed by atoms with Crippen molar-refractivity contribution in [3.8, 4) is 0 Å². The van der Waals surface area contributed by atoms with Gasteiger partial charge in [-0.1, -0.05) is 32.9 Å². The highest BCUT2D eigenvalue weighted by molar-refractivity contribution is 7.89. The Kier molecular flexibility index (Phi) is 5.56. The molecule has 0 saturated carbocycles. The molecule has 0 fully saturated rings. The standard InChI is InChI=1S/C14H25N3O2S/c1-5-16-20(18,19)13-9-7-6-8-12(13)17-14(4,10-15)11(2)3/h6-9,11,16-17H,5,10,15H2,1-4H3. The van der Waals surface area contributed by atoms with Crippen molar-refractivity contribution in [2.24, 2.45) is 11.7 Å². The van der Waals surface area contributed by atoms with E-state index in [9.17, 15) is 8.42 Å². The van der Waals surface area contributed by atoms with Gasteiger partial charge in [0.1, 0.15) is 4.90 Å². The molecule has 0 saturated heterocycles. The van der Waals surface area contributed by atoms with E-state index in [-0.39, 0.29) is 16.4 Å². The van der Waals surface area contributed by atoms with E-state index >= 15 is 0 Å². The molecule has 0 bridgehead atoms. The molecule has 5 nitrogen and oxygen atoms in total. The number of sulfonamides is 1. The van der Waals surface area contributed by atoms with Crippen molar-refractivity contribution in [3.63, 3.8) is 0 Å². The number of nitrogens with one attached hydrogen (secondary N) is 2. The molecule has 0 radical (unpaired) electrons. The molecule has 1 unspecified atom stereocenters. The Labute approximate surface area is 122 Å². The molecular weight excluding hydrogens is 274 g/mol. The zero-order valence-corrected chi connectivity index (χ0v) is 13.4. The lowest BCUT2D eigenvalue weighted by Gasteiger charge is -2.35. The number of hydrogen-bond donors (Lipinski definition) is 3. The SMILES string of the molecule is CCNS(=O)(=O)c1ccccc1NC(C)(CN)C(C)C. The smallest absolute Gasteiger partial charge is 0.242 e. The normalized spacial score (nSPS) is 15.1. The number of anilines is 1. The summed E-state index contributed by atoms with van der Waals surface area (Å²) in [5.74, 6) is 0.266. The van der Waals surface area contributed by atoms with Crippen molar-refractivity contribution in [1.29, 1.82) is 0 Å². The summed E-state index contributed by atoms with van der Waals surface area (Å²) in [7, 11) is -3.50. The molecule has 0 aliphatic carbocycles. The lowest BCUT2D eigenvalue weighted by atomic mass is 9.88. The minimum atomic E-state index is -3.50. The van der Waals surface area contributed by atoms with Crippen LogP contribution in [0.4, 0.5) is 5.69 Å². The van der Waals surface area contributed by atoms with Crippen LogP contribution in [0.1, 0.15) is 27.7 Å². The fourth-order valence-corrected chi connectivity index (χ4v) is 3.01. The summed E-state index contributed by atoms with van der Waals surface area (Å²) in [5, 5.41) is 3.29. The number of nitrogens with two attached hydrogens (primary N) is 1. The van der Waals surface area contributed by atoms with Gasteiger partial charge < -0.3 is 11.1 Å². The summed E-state index contributed by atoms with van der Waals surface area (Å²) in [6.45, 7) is 8.64. The fraction of sp³-hybridized carbons (Fsp3) is 0.571. The number of rotatable bonds is 7. The van der Waals surface area contributed by atoms with E-state index in [2.05, 4.69) is 23.9 Å². The predicted octanol–water partition coefficient (Wildman–Crippen LogP) is 1.77. The van der Waals surface area contributed by atoms with Gasteiger partial charge >= 0.3 is 0 Å². The zero-order valence-electron chi connectivity index (χ0n) is 12.6. The second kappa shape index (κ2) is 6.56. The van der Waals surface area contributed by atoms with E-state index in [1.807, 2.05) is 13.0 Å². The molecule has 4 N–H and O–H groups in total. The maximum absolute atomic E-state index is 12.2. The van der Waals surface area contributed by atoms with Crippen LogP contribution in [-0.2, 0) is 10.0 Å². The number of benzene rings is 1. The molecule has 0 heterocycles. The third kappa shape index (κ3) is 3.71. The van der Waals surface area contributed by atoms with Crippen molar-refractivity contribution in [1.82, 2.24) is 4.72 Å². The average Bonchev–Trinajstić information content (AvgIpc) is 2.38. The molecule has 0 aliphatic rings. The lowest BCUT2D eigenvalue weighted by Crippen LogP contribution is -2.47. The van der Waals surface area contributed by atoms with Crippen LogP contribution in [-0.4, -0.2) is 27.0 Å². The predicted molar refractivity (Wildman–Crippen MR) is 83.2 cm³/mol. The summed E-state index contributed by atoms with van der Waals surface area (Å²) in [6.07, 6.45) is 0. The molecule has 1 aromatic carbocycles. The van der Waals surface area contributed by atoms with E-state index in [4.69, 9.17) is 5.73 Å². The van der Waals surface area contributed by atoms with Gasteiger partial charge in [-0.25, -0.2) is 13.1 Å². The molecule has 0 aliphatic heterocycles. The van der Waals surface area contributed by atoms with Crippen LogP contribution in [0.25, 0.3) is 0 Å². The molecule has 20 heavy (non-hydrogen) atoms. The maximum atomic E-state index is 12.2. The van der Waals surface area contributed by atoms with Crippen LogP contribution in [0.15, 0.2) is 29.2 Å². The first-order valence-corrected chi connectivity index (χ1v) is 8.32. The van der Waals surface area contributed by atoms with Gasteiger partial charge in [-0.3, -0.25) is 0 Å². The van der Waals surface area contributed by atoms with Gasteiger partial charge in [0.2, 0.25) is 10.0 Å². The van der Waals surface area contributed by atoms with E-state index in [0.717, 1.165) is 0 Å².